The molecular weight excluding hydrogens is 311 g/mol. The van der Waals surface area contributed by atoms with Crippen LogP contribution >= 0.6 is 0 Å². The quantitative estimate of drug-likeness (QED) is 0.658. The Bertz CT molecular complexity index is 853. The summed E-state index contributed by atoms with van der Waals surface area (Å²) < 4.78 is 14.7. The van der Waals surface area contributed by atoms with Crippen LogP contribution in [-0.4, -0.2) is 37.6 Å². The molecular formula is C16H17FN6O. The molecule has 0 radical (unpaired) electrons. The number of nitrogens with one attached hydrogen (secondary N) is 3. The van der Waals surface area contributed by atoms with E-state index < -0.39 is 0 Å². The number of amides is 1. The highest BCUT2D eigenvalue weighted by molar-refractivity contribution is 5.93. The van der Waals surface area contributed by atoms with Crippen molar-refractivity contribution in [2.75, 3.05) is 0 Å². The molecule has 1 fully saturated rings. The summed E-state index contributed by atoms with van der Waals surface area (Å²) in [7, 11) is 0. The maximum atomic E-state index is 13.2. The van der Waals surface area contributed by atoms with Crippen molar-refractivity contribution in [2.24, 2.45) is 0 Å². The van der Waals surface area contributed by atoms with Crippen LogP contribution < -0.4 is 10.6 Å². The van der Waals surface area contributed by atoms with E-state index in [0.717, 1.165) is 24.9 Å². The highest BCUT2D eigenvalue weighted by atomic mass is 19.1. The van der Waals surface area contributed by atoms with E-state index in [0.29, 0.717) is 17.4 Å². The van der Waals surface area contributed by atoms with Crippen LogP contribution in [0.25, 0.3) is 5.65 Å². The molecule has 3 aromatic rings. The maximum absolute atomic E-state index is 13.2. The molecule has 3 aromatic heterocycles. The van der Waals surface area contributed by atoms with Gasteiger partial charge >= 0.3 is 0 Å². The highest BCUT2D eigenvalue weighted by Gasteiger charge is 2.30. The van der Waals surface area contributed by atoms with Crippen molar-refractivity contribution in [3.63, 3.8) is 0 Å². The van der Waals surface area contributed by atoms with E-state index in [2.05, 4.69) is 25.8 Å². The van der Waals surface area contributed by atoms with Crippen molar-refractivity contribution in [2.45, 2.75) is 31.5 Å². The lowest BCUT2D eigenvalue weighted by Gasteiger charge is -2.36. The van der Waals surface area contributed by atoms with Gasteiger partial charge in [-0.3, -0.25) is 9.89 Å². The van der Waals surface area contributed by atoms with E-state index in [4.69, 9.17) is 0 Å². The second-order valence-electron chi connectivity index (χ2n) is 6.07. The molecule has 24 heavy (non-hydrogen) atoms. The number of imidazole rings is 1. The number of halogens is 1. The molecule has 124 valence electrons. The summed E-state index contributed by atoms with van der Waals surface area (Å²) >= 11 is 0. The standard InChI is InChI=1S/C16H17FN6O/c17-11-1-2-15-22-14(9-23(15)8-11)16(24)21-13-3-12(4-13)18-5-10-6-19-20-7-10/h1-2,6-9,12-13,18H,3-5H2,(H,19,20)(H,21,24). The third-order valence-electron chi connectivity index (χ3n) is 4.27. The van der Waals surface area contributed by atoms with Crippen LogP contribution in [0, 0.1) is 5.82 Å². The zero-order valence-corrected chi connectivity index (χ0v) is 12.9. The van der Waals surface area contributed by atoms with E-state index in [1.165, 1.54) is 16.7 Å². The minimum Gasteiger partial charge on any atom is -0.348 e. The molecule has 1 aliphatic carbocycles. The van der Waals surface area contributed by atoms with Gasteiger partial charge in [0.25, 0.3) is 5.91 Å². The number of aromatic nitrogens is 4. The maximum Gasteiger partial charge on any atom is 0.271 e. The Morgan fingerprint density at radius 2 is 2.21 bits per heavy atom. The fourth-order valence-electron chi connectivity index (χ4n) is 2.87. The zero-order chi connectivity index (χ0) is 16.5. The van der Waals surface area contributed by atoms with Crippen LogP contribution in [0.4, 0.5) is 4.39 Å². The second-order valence-corrected chi connectivity index (χ2v) is 6.07. The minimum atomic E-state index is -0.364. The Morgan fingerprint density at radius 1 is 1.33 bits per heavy atom. The van der Waals surface area contributed by atoms with Crippen molar-refractivity contribution in [3.05, 3.63) is 54.0 Å². The van der Waals surface area contributed by atoms with Gasteiger partial charge in [-0.25, -0.2) is 9.37 Å². The summed E-state index contributed by atoms with van der Waals surface area (Å²) in [6.45, 7) is 0.764. The van der Waals surface area contributed by atoms with Gasteiger partial charge in [0.15, 0.2) is 0 Å². The molecule has 1 aliphatic rings. The van der Waals surface area contributed by atoms with E-state index >= 15 is 0 Å². The number of nitrogens with zero attached hydrogens (tertiary/aromatic N) is 3. The summed E-state index contributed by atoms with van der Waals surface area (Å²) in [5.74, 6) is -0.588. The van der Waals surface area contributed by atoms with Gasteiger partial charge in [0, 0.05) is 42.8 Å². The minimum absolute atomic E-state index is 0.140. The largest absolute Gasteiger partial charge is 0.348 e. The lowest BCUT2D eigenvalue weighted by molar-refractivity contribution is 0.0897. The topological polar surface area (TPSA) is 87.1 Å². The molecule has 3 heterocycles. The van der Waals surface area contributed by atoms with Crippen LogP contribution in [0.1, 0.15) is 28.9 Å². The molecule has 0 saturated heterocycles. The van der Waals surface area contributed by atoms with Gasteiger partial charge in [0.05, 0.1) is 6.20 Å². The monoisotopic (exact) mass is 328 g/mol. The summed E-state index contributed by atoms with van der Waals surface area (Å²) in [5, 5.41) is 13.1. The number of hydrogen-bond donors (Lipinski definition) is 3. The lowest BCUT2D eigenvalue weighted by atomic mass is 9.86. The smallest absolute Gasteiger partial charge is 0.271 e. The predicted octanol–water partition coefficient (Wildman–Crippen LogP) is 1.25. The molecule has 0 spiro atoms. The summed E-state index contributed by atoms with van der Waals surface area (Å²) in [5.41, 5.74) is 1.96. The van der Waals surface area contributed by atoms with Gasteiger partial charge < -0.3 is 15.0 Å². The fraction of sp³-hybridized carbons (Fsp3) is 0.312. The predicted molar refractivity (Wildman–Crippen MR) is 84.9 cm³/mol. The normalized spacial score (nSPS) is 20.0. The van der Waals surface area contributed by atoms with Crippen LogP contribution in [0.3, 0.4) is 0 Å². The number of hydrogen-bond acceptors (Lipinski definition) is 4. The number of H-pyrrole nitrogens is 1. The summed E-state index contributed by atoms with van der Waals surface area (Å²) in [6, 6.07) is 3.40. The number of rotatable bonds is 5. The van der Waals surface area contributed by atoms with Gasteiger partial charge in [-0.2, -0.15) is 5.10 Å². The number of carbonyl (C=O) groups excluding carboxylic acids is 1. The third-order valence-corrected chi connectivity index (χ3v) is 4.27. The molecule has 3 N–H and O–H groups in total. The first kappa shape index (κ1) is 14.8. The summed E-state index contributed by atoms with van der Waals surface area (Å²) in [4.78, 5) is 16.5. The van der Waals surface area contributed by atoms with Gasteiger partial charge in [-0.1, -0.05) is 0 Å². The van der Waals surface area contributed by atoms with E-state index in [1.54, 1.807) is 18.5 Å². The van der Waals surface area contributed by atoms with E-state index in [9.17, 15) is 9.18 Å². The van der Waals surface area contributed by atoms with Crippen LogP contribution in [0.2, 0.25) is 0 Å². The third kappa shape index (κ3) is 3.00. The van der Waals surface area contributed by atoms with Gasteiger partial charge in [0.2, 0.25) is 0 Å². The number of aromatic amines is 1. The molecule has 0 aliphatic heterocycles. The molecule has 1 amide bonds. The molecule has 0 atom stereocenters. The first-order chi connectivity index (χ1) is 11.7. The Balaban J connectivity index is 1.29. The van der Waals surface area contributed by atoms with Gasteiger partial charge in [-0.05, 0) is 25.0 Å². The summed E-state index contributed by atoms with van der Waals surface area (Å²) in [6.07, 6.45) is 8.25. The Labute approximate surface area is 137 Å². The SMILES string of the molecule is O=C(NC1CC(NCc2cn[nH]c2)C1)c1cn2cc(F)ccc2n1. The van der Waals surface area contributed by atoms with Crippen molar-refractivity contribution in [1.82, 2.24) is 30.2 Å². The number of carbonyl (C=O) groups is 1. The number of fused-ring (bicyclic) bond motifs is 1. The zero-order valence-electron chi connectivity index (χ0n) is 12.9. The first-order valence-electron chi connectivity index (χ1n) is 7.83. The molecule has 1 saturated carbocycles. The first-order valence-corrected chi connectivity index (χ1v) is 7.83. The average Bonchev–Trinajstić information content (AvgIpc) is 3.17. The Morgan fingerprint density at radius 3 is 3.00 bits per heavy atom. The van der Waals surface area contributed by atoms with Crippen LogP contribution in [0.15, 0.2) is 36.9 Å². The van der Waals surface area contributed by atoms with Gasteiger partial charge in [-0.15, -0.1) is 0 Å². The Hall–Kier alpha value is -2.74. The van der Waals surface area contributed by atoms with Crippen molar-refractivity contribution in [3.8, 4) is 0 Å². The van der Waals surface area contributed by atoms with E-state index in [-0.39, 0.29) is 17.8 Å². The number of pyridine rings is 1. The fourth-order valence-corrected chi connectivity index (χ4v) is 2.87. The van der Waals surface area contributed by atoms with Gasteiger partial charge in [0.1, 0.15) is 17.2 Å². The van der Waals surface area contributed by atoms with Crippen LogP contribution in [-0.2, 0) is 6.54 Å². The highest BCUT2D eigenvalue weighted by Crippen LogP contribution is 2.21. The Kier molecular flexibility index (Phi) is 3.73. The molecule has 8 heteroatoms. The van der Waals surface area contributed by atoms with Crippen molar-refractivity contribution in [1.29, 1.82) is 0 Å². The molecule has 7 nitrogen and oxygen atoms in total. The van der Waals surface area contributed by atoms with Crippen molar-refractivity contribution >= 4 is 11.6 Å². The lowest BCUT2D eigenvalue weighted by Crippen LogP contribution is -2.52. The molecule has 0 aromatic carbocycles. The van der Waals surface area contributed by atoms with E-state index in [1.807, 2.05) is 6.20 Å². The molecule has 0 bridgehead atoms. The van der Waals surface area contributed by atoms with Crippen LogP contribution in [0.5, 0.6) is 0 Å². The van der Waals surface area contributed by atoms with Crippen molar-refractivity contribution < 1.29 is 9.18 Å². The molecule has 0 unspecified atom stereocenters. The molecule has 4 rings (SSSR count). The second kappa shape index (κ2) is 6.04. The average molecular weight is 328 g/mol.